The number of ether oxygens (including phenoxy) is 4. The molecular weight excluding hydrogens is 1310 g/mol. The fraction of sp³-hybridized carbons (Fsp3) is 0.951. The second kappa shape index (κ2) is 70.1. The van der Waals surface area contributed by atoms with Gasteiger partial charge in [-0.2, -0.15) is 0 Å². The summed E-state index contributed by atoms with van der Waals surface area (Å²) in [5, 5.41) is 10.6. The Morgan fingerprint density at radius 3 is 0.710 bits per heavy atom. The molecule has 0 aromatic carbocycles. The molecule has 0 radical (unpaired) electrons. The fourth-order valence-electron chi connectivity index (χ4n) is 12.4. The van der Waals surface area contributed by atoms with E-state index in [1.165, 1.54) is 218 Å². The topological polar surface area (TPSA) is 237 Å². The van der Waals surface area contributed by atoms with Crippen LogP contribution < -0.4 is 0 Å². The monoisotopic (exact) mass is 1470 g/mol. The first-order valence-corrected chi connectivity index (χ1v) is 44.8. The molecule has 17 nitrogen and oxygen atoms in total. The zero-order valence-corrected chi connectivity index (χ0v) is 67.6. The fourth-order valence-corrected chi connectivity index (χ4v) is 13.9. The lowest BCUT2D eigenvalue weighted by molar-refractivity contribution is -0.161. The summed E-state index contributed by atoms with van der Waals surface area (Å²) in [7, 11) is -9.92. The zero-order chi connectivity index (χ0) is 73.8. The van der Waals surface area contributed by atoms with Crippen molar-refractivity contribution in [3.63, 3.8) is 0 Å². The zero-order valence-electron chi connectivity index (χ0n) is 65.8. The van der Waals surface area contributed by atoms with E-state index in [0.717, 1.165) is 114 Å². The average molecular weight is 1470 g/mol. The van der Waals surface area contributed by atoms with E-state index in [2.05, 4.69) is 55.4 Å². The predicted molar refractivity (Wildman–Crippen MR) is 409 cm³/mol. The number of phosphoric acid groups is 2. The van der Waals surface area contributed by atoms with Gasteiger partial charge in [0.1, 0.15) is 19.3 Å². The third kappa shape index (κ3) is 71.7. The maximum atomic E-state index is 13.1. The summed E-state index contributed by atoms with van der Waals surface area (Å²) in [5.41, 5.74) is 0. The Balaban J connectivity index is 5.22. The van der Waals surface area contributed by atoms with Crippen molar-refractivity contribution in [1.29, 1.82) is 0 Å². The van der Waals surface area contributed by atoms with Crippen LogP contribution in [0.2, 0.25) is 0 Å². The number of hydrogen-bond donors (Lipinski definition) is 3. The molecule has 100 heavy (non-hydrogen) atoms. The van der Waals surface area contributed by atoms with Gasteiger partial charge < -0.3 is 33.8 Å². The second-order valence-corrected chi connectivity index (χ2v) is 33.5. The van der Waals surface area contributed by atoms with Crippen molar-refractivity contribution >= 4 is 39.5 Å². The van der Waals surface area contributed by atoms with Crippen molar-refractivity contribution in [2.75, 3.05) is 39.6 Å². The maximum absolute atomic E-state index is 13.1. The van der Waals surface area contributed by atoms with E-state index in [1.807, 2.05) is 0 Å². The van der Waals surface area contributed by atoms with Crippen LogP contribution in [0.5, 0.6) is 0 Å². The van der Waals surface area contributed by atoms with E-state index in [0.29, 0.717) is 25.7 Å². The molecule has 0 aromatic heterocycles. The van der Waals surface area contributed by atoms with E-state index in [9.17, 15) is 43.2 Å². The summed E-state index contributed by atoms with van der Waals surface area (Å²) in [4.78, 5) is 73.0. The molecule has 0 heterocycles. The highest BCUT2D eigenvalue weighted by atomic mass is 31.2. The number of aliphatic hydroxyl groups is 1. The van der Waals surface area contributed by atoms with E-state index in [-0.39, 0.29) is 25.7 Å². The lowest BCUT2D eigenvalue weighted by Gasteiger charge is -2.21. The van der Waals surface area contributed by atoms with Gasteiger partial charge in [-0.25, -0.2) is 9.13 Å². The largest absolute Gasteiger partial charge is 0.472 e. The molecule has 0 aliphatic heterocycles. The Kier molecular flexibility index (Phi) is 68.7. The lowest BCUT2D eigenvalue weighted by Crippen LogP contribution is -2.30. The minimum absolute atomic E-state index is 0.105. The van der Waals surface area contributed by atoms with Gasteiger partial charge >= 0.3 is 39.5 Å². The minimum atomic E-state index is -4.96. The van der Waals surface area contributed by atoms with Gasteiger partial charge in [-0.15, -0.1) is 0 Å². The Morgan fingerprint density at radius 2 is 0.480 bits per heavy atom. The Morgan fingerprint density at radius 1 is 0.280 bits per heavy atom. The van der Waals surface area contributed by atoms with Gasteiger partial charge in [-0.05, 0) is 49.4 Å². The van der Waals surface area contributed by atoms with Crippen molar-refractivity contribution in [3.05, 3.63) is 0 Å². The van der Waals surface area contributed by atoms with Crippen LogP contribution >= 0.6 is 15.6 Å². The molecular formula is C81H158O17P2. The molecule has 0 fully saturated rings. The number of carbonyl (C=O) groups is 4. The Labute approximate surface area is 613 Å². The molecule has 0 saturated heterocycles. The summed E-state index contributed by atoms with van der Waals surface area (Å²) in [6.45, 7) is 14.3. The summed E-state index contributed by atoms with van der Waals surface area (Å²) >= 11 is 0. The van der Waals surface area contributed by atoms with Crippen molar-refractivity contribution in [3.8, 4) is 0 Å². The molecule has 0 amide bonds. The van der Waals surface area contributed by atoms with Crippen molar-refractivity contribution < 1.29 is 80.2 Å². The number of hydrogen-bond acceptors (Lipinski definition) is 15. The third-order valence-corrected chi connectivity index (χ3v) is 21.4. The van der Waals surface area contributed by atoms with Gasteiger partial charge in [0, 0.05) is 25.7 Å². The molecule has 0 aliphatic carbocycles. The van der Waals surface area contributed by atoms with Gasteiger partial charge in [-0.3, -0.25) is 37.3 Å². The highest BCUT2D eigenvalue weighted by Crippen LogP contribution is 2.45. The second-order valence-electron chi connectivity index (χ2n) is 30.6. The first-order chi connectivity index (χ1) is 48.2. The normalized spacial score (nSPS) is 14.6. The van der Waals surface area contributed by atoms with Crippen LogP contribution in [-0.2, 0) is 65.4 Å². The molecule has 5 unspecified atom stereocenters. The minimum Gasteiger partial charge on any atom is -0.462 e. The van der Waals surface area contributed by atoms with Crippen LogP contribution in [0.1, 0.15) is 415 Å². The van der Waals surface area contributed by atoms with Gasteiger partial charge in [0.15, 0.2) is 12.2 Å². The van der Waals surface area contributed by atoms with Crippen LogP contribution in [-0.4, -0.2) is 96.7 Å². The SMILES string of the molecule is CCC(C)CCCCCCCCCCCCCCCCCCCCC(=O)O[C@H](COC(=O)CCCCCCCCCCCCC(C)CC)COP(=O)(O)OCC(O)COP(=O)(O)OC[C@@H](COC(=O)CCCCCCCCCCC(C)C)OC(=O)CCCCCCCCCCCCC(C)C. The van der Waals surface area contributed by atoms with E-state index in [1.54, 1.807) is 0 Å². The highest BCUT2D eigenvalue weighted by molar-refractivity contribution is 7.47. The standard InChI is InChI=1S/C81H158O17P2/c1-9-73(7)59-51-43-35-26-19-17-15-13-11-12-14-16-18-20-29-39-47-55-63-80(85)97-76(67-91-78(83)61-53-45-37-28-24-22-27-36-44-52-60-74(8)10-2)69-95-99(87,88)93-65-75(82)66-94-100(89,90)96-70-77(68-92-79(84)62-54-46-38-32-31-34-42-50-58-72(5)6)98-81(86)64-56-48-40-30-23-21-25-33-41-49-57-71(3)4/h71-77,82H,9-70H2,1-8H3,(H,87,88)(H,89,90)/t73?,74?,75?,76-,77-/m1/s1. The maximum Gasteiger partial charge on any atom is 0.472 e. The van der Waals surface area contributed by atoms with E-state index < -0.39 is 97.5 Å². The molecule has 7 atom stereocenters. The van der Waals surface area contributed by atoms with E-state index in [4.69, 9.17) is 37.0 Å². The average Bonchev–Trinajstić information content (AvgIpc) is 0.926. The molecule has 0 aliphatic rings. The summed E-state index contributed by atoms with van der Waals surface area (Å²) in [5.74, 6) is 1.04. The number of carbonyl (C=O) groups excluding carboxylic acids is 4. The number of aliphatic hydroxyl groups excluding tert-OH is 1. The molecule has 0 bridgehead atoms. The third-order valence-electron chi connectivity index (χ3n) is 19.5. The molecule has 0 spiro atoms. The molecule has 0 rings (SSSR count). The number of esters is 4. The first-order valence-electron chi connectivity index (χ1n) is 41.8. The number of rotatable bonds is 78. The lowest BCUT2D eigenvalue weighted by atomic mass is 9.99. The molecule has 0 saturated carbocycles. The van der Waals surface area contributed by atoms with Crippen LogP contribution in [0, 0.1) is 23.7 Å². The predicted octanol–water partition coefficient (Wildman–Crippen LogP) is 24.0. The Bertz CT molecular complexity index is 1960. The first kappa shape index (κ1) is 98.1. The van der Waals surface area contributed by atoms with Gasteiger partial charge in [-0.1, -0.05) is 364 Å². The van der Waals surface area contributed by atoms with Crippen molar-refractivity contribution in [1.82, 2.24) is 0 Å². The summed E-state index contributed by atoms with van der Waals surface area (Å²) in [6, 6.07) is 0. The number of unbranched alkanes of at least 4 members (excludes halogenated alkanes) is 42. The van der Waals surface area contributed by atoms with Gasteiger partial charge in [0.05, 0.1) is 26.4 Å². The molecule has 19 heteroatoms. The summed E-state index contributed by atoms with van der Waals surface area (Å²) < 4.78 is 68.7. The van der Waals surface area contributed by atoms with Crippen LogP contribution in [0.3, 0.4) is 0 Å². The number of phosphoric ester groups is 2. The van der Waals surface area contributed by atoms with Crippen molar-refractivity contribution in [2.45, 2.75) is 433 Å². The quantitative estimate of drug-likeness (QED) is 0.0222. The molecule has 3 N–H and O–H groups in total. The van der Waals surface area contributed by atoms with Crippen molar-refractivity contribution in [2.24, 2.45) is 23.7 Å². The van der Waals surface area contributed by atoms with E-state index >= 15 is 0 Å². The molecule has 0 aromatic rings. The van der Waals surface area contributed by atoms with Crippen LogP contribution in [0.15, 0.2) is 0 Å². The van der Waals surface area contributed by atoms with Crippen LogP contribution in [0.4, 0.5) is 0 Å². The summed E-state index contributed by atoms with van der Waals surface area (Å²) in [6.07, 6.45) is 56.9. The van der Waals surface area contributed by atoms with Crippen LogP contribution in [0.25, 0.3) is 0 Å². The molecule has 594 valence electrons. The highest BCUT2D eigenvalue weighted by Gasteiger charge is 2.30. The Hall–Kier alpha value is -1.94. The smallest absolute Gasteiger partial charge is 0.462 e. The van der Waals surface area contributed by atoms with Gasteiger partial charge in [0.25, 0.3) is 0 Å². The van der Waals surface area contributed by atoms with Gasteiger partial charge in [0.2, 0.25) is 0 Å².